The molecule has 11 fully saturated rings. The average Bonchev–Trinajstić information content (AvgIpc) is 3.70. The summed E-state index contributed by atoms with van der Waals surface area (Å²) in [6.07, 6.45) is 29.5. The van der Waals surface area contributed by atoms with Crippen molar-refractivity contribution < 1.29 is 0 Å². The highest BCUT2D eigenvalue weighted by atomic mass is 14.7. The van der Waals surface area contributed by atoms with Crippen molar-refractivity contribution in [3.05, 3.63) is 23.8 Å². The lowest BCUT2D eigenvalue weighted by molar-refractivity contribution is 0.0521. The van der Waals surface area contributed by atoms with Gasteiger partial charge in [-0.1, -0.05) is 121 Å². The number of hydrogen-bond donors (Lipinski definition) is 0. The molecule has 0 aromatic carbocycles. The smallest absolute Gasteiger partial charge is 0.0116 e. The number of hydrogen-bond acceptors (Lipinski definition) is 0. The standard InChI is InChI=1S/2C20H34.2C10H16/c1-12-8-17-18(20(17,4)5)11-14(12)10-16-13-6-7-15(9-13)19(16,2)3;1-18(2)14-7-6-13(10-14)16(18)11-20(5)9-8-15-17(12-20)19(15,3)4;1-7-8-4-5-9(6-8)10(7,2)3;1-7-4-5-8-9(6-7)10(8,2)3/h12-18H,6-11H2,1-5H3;13-17H,6-12H2,1-5H3;8-9H,1,4-6H2,2-3H3;4,8-9H,5-6H2,1-3H3. The van der Waals surface area contributed by atoms with Crippen LogP contribution in [-0.4, -0.2) is 0 Å². The summed E-state index contributed by atoms with van der Waals surface area (Å²) in [4.78, 5) is 0. The Labute approximate surface area is 374 Å². The normalized spacial score (nSPS) is 50.6. The molecule has 0 radical (unpaired) electrons. The molecule has 0 spiro atoms. The Bertz CT molecular complexity index is 1660. The largest absolute Gasteiger partial charge is 0.0990 e. The van der Waals surface area contributed by atoms with Crippen LogP contribution in [0.15, 0.2) is 23.8 Å². The van der Waals surface area contributed by atoms with Crippen molar-refractivity contribution in [2.75, 3.05) is 0 Å². The second-order valence-corrected chi connectivity index (χ2v) is 29.6. The van der Waals surface area contributed by atoms with E-state index in [-0.39, 0.29) is 0 Å². The molecule has 0 aromatic rings. The van der Waals surface area contributed by atoms with Gasteiger partial charge in [0, 0.05) is 0 Å². The van der Waals surface area contributed by atoms with Crippen molar-refractivity contribution in [2.24, 2.45) is 133 Å². The van der Waals surface area contributed by atoms with E-state index in [9.17, 15) is 0 Å². The summed E-state index contributed by atoms with van der Waals surface area (Å²) in [6, 6.07) is 0. The maximum absolute atomic E-state index is 4.19. The highest BCUT2D eigenvalue weighted by molar-refractivity contribution is 5.23. The molecule has 17 unspecified atom stereocenters. The van der Waals surface area contributed by atoms with Gasteiger partial charge in [-0.15, -0.1) is 0 Å². The topological polar surface area (TPSA) is 0 Å². The van der Waals surface area contributed by atoms with Gasteiger partial charge in [-0.3, -0.25) is 0 Å². The molecule has 0 aromatic heterocycles. The Kier molecular flexibility index (Phi) is 11.0. The van der Waals surface area contributed by atoms with E-state index < -0.39 is 0 Å². The van der Waals surface area contributed by atoms with Crippen LogP contribution in [0.2, 0.25) is 0 Å². The zero-order valence-electron chi connectivity index (χ0n) is 42.7. The molecule has 0 saturated heterocycles. The van der Waals surface area contributed by atoms with Crippen molar-refractivity contribution in [3.63, 3.8) is 0 Å². The van der Waals surface area contributed by atoms with E-state index in [1.165, 1.54) is 76.2 Å². The van der Waals surface area contributed by atoms with E-state index in [0.29, 0.717) is 37.9 Å². The van der Waals surface area contributed by atoms with Gasteiger partial charge in [-0.25, -0.2) is 0 Å². The molecule has 0 nitrogen and oxygen atoms in total. The summed E-state index contributed by atoms with van der Waals surface area (Å²) < 4.78 is 0. The molecule has 12 aliphatic rings. The van der Waals surface area contributed by atoms with Gasteiger partial charge in [-0.2, -0.15) is 0 Å². The van der Waals surface area contributed by atoms with Crippen molar-refractivity contribution in [3.8, 4) is 0 Å². The Morgan fingerprint density at radius 3 is 1.62 bits per heavy atom. The van der Waals surface area contributed by atoms with Crippen molar-refractivity contribution >= 4 is 0 Å². The first-order valence-corrected chi connectivity index (χ1v) is 27.1. The fourth-order valence-corrected chi connectivity index (χ4v) is 19.4. The summed E-state index contributed by atoms with van der Waals surface area (Å²) in [5.74, 6) is 16.6. The van der Waals surface area contributed by atoms with Gasteiger partial charge in [0.25, 0.3) is 0 Å². The van der Waals surface area contributed by atoms with Crippen LogP contribution in [0, 0.1) is 133 Å². The summed E-state index contributed by atoms with van der Waals surface area (Å²) >= 11 is 0. The number of allylic oxidation sites excluding steroid dienone is 3. The lowest BCUT2D eigenvalue weighted by Crippen LogP contribution is -2.36. The van der Waals surface area contributed by atoms with E-state index in [1.54, 1.807) is 50.5 Å². The van der Waals surface area contributed by atoms with Crippen LogP contribution >= 0.6 is 0 Å². The minimum absolute atomic E-state index is 0.475. The molecular formula is C60H100. The van der Waals surface area contributed by atoms with Crippen molar-refractivity contribution in [2.45, 2.75) is 219 Å². The van der Waals surface area contributed by atoms with E-state index >= 15 is 0 Å². The molecule has 12 aliphatic carbocycles. The highest BCUT2D eigenvalue weighted by Gasteiger charge is 2.64. The Balaban J connectivity index is 0.000000108. The molecule has 0 aliphatic heterocycles. The summed E-state index contributed by atoms with van der Waals surface area (Å²) in [5, 5.41) is 0. The molecule has 6 bridgehead atoms. The van der Waals surface area contributed by atoms with Crippen LogP contribution in [0.1, 0.15) is 219 Å². The predicted octanol–water partition coefficient (Wildman–Crippen LogP) is 17.7. The Hall–Kier alpha value is -0.520. The average molecular weight is 821 g/mol. The molecule has 0 amide bonds. The maximum atomic E-state index is 4.19. The van der Waals surface area contributed by atoms with Crippen LogP contribution in [0.4, 0.5) is 0 Å². The van der Waals surface area contributed by atoms with Crippen molar-refractivity contribution in [1.82, 2.24) is 0 Å². The minimum Gasteiger partial charge on any atom is -0.0990 e. The van der Waals surface area contributed by atoms with Crippen LogP contribution in [-0.2, 0) is 0 Å². The van der Waals surface area contributed by atoms with Gasteiger partial charge >= 0.3 is 0 Å². The van der Waals surface area contributed by atoms with E-state index in [1.807, 2.05) is 0 Å². The van der Waals surface area contributed by atoms with Gasteiger partial charge in [0.05, 0.1) is 0 Å². The number of rotatable bonds is 4. The summed E-state index contributed by atoms with van der Waals surface area (Å²) in [5.41, 5.74) is 7.63. The third-order valence-electron chi connectivity index (χ3n) is 25.0. The monoisotopic (exact) mass is 821 g/mol. The van der Waals surface area contributed by atoms with Crippen LogP contribution < -0.4 is 0 Å². The molecule has 340 valence electrons. The quantitative estimate of drug-likeness (QED) is 0.248. The van der Waals surface area contributed by atoms with Gasteiger partial charge < -0.3 is 0 Å². The third-order valence-corrected chi connectivity index (χ3v) is 25.0. The molecule has 0 heteroatoms. The zero-order valence-corrected chi connectivity index (χ0v) is 42.7. The molecular weight excluding hydrogens is 721 g/mol. The zero-order chi connectivity index (χ0) is 43.3. The van der Waals surface area contributed by atoms with Gasteiger partial charge in [-0.05, 0) is 255 Å². The SMILES string of the molecule is C=C1C2CCC(C2)C1(C)C.CC1(CC2C3CCC(C3)C2(C)C)CCC2C(C1)C2(C)C.CC1=CCC2C(C1)C2(C)C.CC1CC2C(CC1CC1C3CCC(C3)C1(C)C)C2(C)C. The summed E-state index contributed by atoms with van der Waals surface area (Å²) in [6.45, 7) is 41.7. The maximum Gasteiger partial charge on any atom is -0.0116 e. The Morgan fingerprint density at radius 1 is 0.550 bits per heavy atom. The van der Waals surface area contributed by atoms with Crippen LogP contribution in [0.3, 0.4) is 0 Å². The van der Waals surface area contributed by atoms with Gasteiger partial charge in [0.1, 0.15) is 0 Å². The van der Waals surface area contributed by atoms with Crippen LogP contribution in [0.25, 0.3) is 0 Å². The van der Waals surface area contributed by atoms with Gasteiger partial charge in [0.2, 0.25) is 0 Å². The van der Waals surface area contributed by atoms with Gasteiger partial charge in [0.15, 0.2) is 0 Å². The highest BCUT2D eigenvalue weighted by Crippen LogP contribution is 2.72. The molecule has 0 heterocycles. The molecule has 11 saturated carbocycles. The minimum atomic E-state index is 0.475. The fourth-order valence-electron chi connectivity index (χ4n) is 19.4. The second-order valence-electron chi connectivity index (χ2n) is 29.6. The fraction of sp³-hybridized carbons (Fsp3) is 0.933. The molecule has 60 heavy (non-hydrogen) atoms. The molecule has 0 N–H and O–H groups in total. The van der Waals surface area contributed by atoms with E-state index in [0.717, 1.165) is 94.7 Å². The number of fused-ring (bicyclic) bond motifs is 9. The van der Waals surface area contributed by atoms with Crippen LogP contribution in [0.5, 0.6) is 0 Å². The van der Waals surface area contributed by atoms with Crippen molar-refractivity contribution in [1.29, 1.82) is 0 Å². The molecule has 17 atom stereocenters. The first-order valence-electron chi connectivity index (χ1n) is 27.1. The predicted molar refractivity (Wildman–Crippen MR) is 258 cm³/mol. The van der Waals surface area contributed by atoms with E-state index in [2.05, 4.69) is 117 Å². The Morgan fingerprint density at radius 2 is 1.12 bits per heavy atom. The lowest BCUT2D eigenvalue weighted by atomic mass is 9.61. The lowest BCUT2D eigenvalue weighted by Gasteiger charge is -2.44. The third kappa shape index (κ3) is 7.39. The summed E-state index contributed by atoms with van der Waals surface area (Å²) in [7, 11) is 0. The molecule has 12 rings (SSSR count). The first kappa shape index (κ1) is 44.7. The first-order chi connectivity index (χ1) is 27.8. The van der Waals surface area contributed by atoms with E-state index in [4.69, 9.17) is 0 Å². The second kappa shape index (κ2) is 14.7.